The van der Waals surface area contributed by atoms with E-state index in [0.717, 1.165) is 0 Å². The smallest absolute Gasteiger partial charge is 0.333 e. The van der Waals surface area contributed by atoms with E-state index in [4.69, 9.17) is 15.2 Å². The molecule has 5 nitrogen and oxygen atoms in total. The van der Waals surface area contributed by atoms with E-state index in [1.54, 1.807) is 30.3 Å². The van der Waals surface area contributed by atoms with Gasteiger partial charge in [0.1, 0.15) is 5.75 Å². The van der Waals surface area contributed by atoms with Crippen molar-refractivity contribution in [2.24, 2.45) is 0 Å². The number of para-hydroxylation sites is 1. The largest absolute Gasteiger partial charge is 0.425 e. The molecule has 0 aliphatic heterocycles. The zero-order chi connectivity index (χ0) is 10.6. The number of nitrogens with zero attached hydrogens (tertiary/aromatic N) is 1. The zero-order valence-corrected chi connectivity index (χ0v) is 7.62. The van der Waals surface area contributed by atoms with Crippen molar-refractivity contribution in [1.82, 2.24) is 5.23 Å². The first-order valence-electron chi connectivity index (χ1n) is 4.05. The van der Waals surface area contributed by atoms with Gasteiger partial charge in [-0.05, 0) is 19.1 Å². The maximum absolute atomic E-state index is 11.2. The summed E-state index contributed by atoms with van der Waals surface area (Å²) < 4.78 is 4.84. The molecular weight excluding hydrogens is 186 g/mol. The van der Waals surface area contributed by atoms with Gasteiger partial charge in [-0.2, -0.15) is 0 Å². The summed E-state index contributed by atoms with van der Waals surface area (Å²) in [5.41, 5.74) is 0. The first-order chi connectivity index (χ1) is 6.61. The Labute approximate surface area is 81.1 Å². The third-order valence-corrected chi connectivity index (χ3v) is 1.65. The summed E-state index contributed by atoms with van der Waals surface area (Å²) in [6.07, 6.45) is 0. The van der Waals surface area contributed by atoms with Gasteiger partial charge in [-0.1, -0.05) is 23.4 Å². The van der Waals surface area contributed by atoms with Crippen molar-refractivity contribution in [2.45, 2.75) is 13.0 Å². The Morgan fingerprint density at radius 3 is 2.43 bits per heavy atom. The molecule has 0 spiro atoms. The van der Waals surface area contributed by atoms with Crippen molar-refractivity contribution in [3.05, 3.63) is 30.3 Å². The Morgan fingerprint density at radius 2 is 1.93 bits per heavy atom. The van der Waals surface area contributed by atoms with Crippen molar-refractivity contribution >= 4 is 5.97 Å². The standard InChI is InChI=1S/C9H11NO4/c1-7(10(12)13)9(11)14-8-5-3-2-4-6-8/h2-7,12-13H,1H3/t7-/m0/s1. The molecule has 2 N–H and O–H groups in total. The van der Waals surface area contributed by atoms with Gasteiger partial charge in [0, 0.05) is 0 Å². The van der Waals surface area contributed by atoms with Crippen LogP contribution in [0.3, 0.4) is 0 Å². The highest BCUT2D eigenvalue weighted by molar-refractivity contribution is 5.77. The average Bonchev–Trinajstić information content (AvgIpc) is 2.18. The molecule has 14 heavy (non-hydrogen) atoms. The second-order valence-corrected chi connectivity index (χ2v) is 2.73. The minimum absolute atomic E-state index is 0.189. The fourth-order valence-electron chi connectivity index (χ4n) is 0.784. The Balaban J connectivity index is 2.58. The van der Waals surface area contributed by atoms with Gasteiger partial charge in [0.15, 0.2) is 6.04 Å². The van der Waals surface area contributed by atoms with E-state index in [1.807, 2.05) is 0 Å². The van der Waals surface area contributed by atoms with Crippen LogP contribution in [-0.4, -0.2) is 27.7 Å². The second kappa shape index (κ2) is 4.71. The minimum atomic E-state index is -1.12. The molecule has 5 heteroatoms. The molecule has 76 valence electrons. The number of esters is 1. The van der Waals surface area contributed by atoms with Crippen LogP contribution in [0, 0.1) is 0 Å². The Morgan fingerprint density at radius 1 is 1.36 bits per heavy atom. The normalized spacial score (nSPS) is 12.6. The molecule has 0 radical (unpaired) electrons. The van der Waals surface area contributed by atoms with E-state index in [2.05, 4.69) is 0 Å². The molecule has 1 aromatic carbocycles. The zero-order valence-electron chi connectivity index (χ0n) is 7.62. The van der Waals surface area contributed by atoms with E-state index in [1.165, 1.54) is 6.92 Å². The van der Waals surface area contributed by atoms with E-state index < -0.39 is 12.0 Å². The van der Waals surface area contributed by atoms with Crippen LogP contribution < -0.4 is 4.74 Å². The first kappa shape index (κ1) is 10.6. The van der Waals surface area contributed by atoms with Crippen LogP contribution in [0.4, 0.5) is 0 Å². The molecule has 0 bridgehead atoms. The van der Waals surface area contributed by atoms with Gasteiger partial charge >= 0.3 is 5.97 Å². The number of hydrogen-bond donors (Lipinski definition) is 2. The molecule has 0 amide bonds. The number of ether oxygens (including phenoxy) is 1. The van der Waals surface area contributed by atoms with E-state index in [9.17, 15) is 4.79 Å². The van der Waals surface area contributed by atoms with Crippen molar-refractivity contribution in [2.75, 3.05) is 0 Å². The molecule has 1 rings (SSSR count). The van der Waals surface area contributed by atoms with Gasteiger partial charge in [-0.25, -0.2) is 4.79 Å². The molecule has 0 aromatic heterocycles. The molecule has 1 aromatic rings. The lowest BCUT2D eigenvalue weighted by atomic mass is 10.3. The molecule has 0 aliphatic rings. The Kier molecular flexibility index (Phi) is 3.58. The van der Waals surface area contributed by atoms with Crippen molar-refractivity contribution in [3.8, 4) is 5.75 Å². The maximum atomic E-state index is 11.2. The van der Waals surface area contributed by atoms with E-state index in [0.29, 0.717) is 5.75 Å². The van der Waals surface area contributed by atoms with Crippen LogP contribution in [0.5, 0.6) is 5.75 Å². The van der Waals surface area contributed by atoms with Crippen LogP contribution in [0.1, 0.15) is 6.92 Å². The topological polar surface area (TPSA) is 70.0 Å². The van der Waals surface area contributed by atoms with Crippen LogP contribution in [0.15, 0.2) is 30.3 Å². The van der Waals surface area contributed by atoms with Gasteiger partial charge in [0.25, 0.3) is 0 Å². The van der Waals surface area contributed by atoms with Crippen LogP contribution in [-0.2, 0) is 4.79 Å². The third-order valence-electron chi connectivity index (χ3n) is 1.65. The lowest BCUT2D eigenvalue weighted by Crippen LogP contribution is -2.36. The van der Waals surface area contributed by atoms with Gasteiger partial charge in [-0.3, -0.25) is 10.4 Å². The molecule has 0 saturated carbocycles. The monoisotopic (exact) mass is 197 g/mol. The Hall–Kier alpha value is -1.43. The van der Waals surface area contributed by atoms with Crippen LogP contribution in [0.2, 0.25) is 0 Å². The highest BCUT2D eigenvalue weighted by Crippen LogP contribution is 2.09. The quantitative estimate of drug-likeness (QED) is 0.430. The summed E-state index contributed by atoms with van der Waals surface area (Å²) in [6.45, 7) is 1.31. The summed E-state index contributed by atoms with van der Waals surface area (Å²) in [7, 11) is 0. The van der Waals surface area contributed by atoms with Crippen LogP contribution in [0.25, 0.3) is 0 Å². The van der Waals surface area contributed by atoms with Crippen molar-refractivity contribution < 1.29 is 19.9 Å². The molecule has 0 fully saturated rings. The van der Waals surface area contributed by atoms with Gasteiger partial charge in [0.2, 0.25) is 0 Å². The highest BCUT2D eigenvalue weighted by atomic mass is 16.8. The predicted molar refractivity (Wildman–Crippen MR) is 47.0 cm³/mol. The number of carbonyl (C=O) groups is 1. The lowest BCUT2D eigenvalue weighted by molar-refractivity contribution is -0.324. The summed E-state index contributed by atoms with van der Waals surface area (Å²) in [5.74, 6) is -0.368. The average molecular weight is 197 g/mol. The number of rotatable bonds is 3. The molecule has 0 unspecified atom stereocenters. The van der Waals surface area contributed by atoms with Gasteiger partial charge in [-0.15, -0.1) is 0 Å². The number of carbonyl (C=O) groups excluding carboxylic acids is 1. The SMILES string of the molecule is C[C@@H](C(=O)Oc1ccccc1)N(O)O. The Bertz CT molecular complexity index is 299. The van der Waals surface area contributed by atoms with Crippen molar-refractivity contribution in [1.29, 1.82) is 0 Å². The van der Waals surface area contributed by atoms with Gasteiger partial charge in [0.05, 0.1) is 0 Å². The summed E-state index contributed by atoms with van der Waals surface area (Å²) >= 11 is 0. The van der Waals surface area contributed by atoms with E-state index >= 15 is 0 Å². The minimum Gasteiger partial charge on any atom is -0.425 e. The van der Waals surface area contributed by atoms with Crippen molar-refractivity contribution in [3.63, 3.8) is 0 Å². The molecule has 1 atom stereocenters. The number of hydrogen-bond acceptors (Lipinski definition) is 5. The second-order valence-electron chi connectivity index (χ2n) is 2.73. The molecule has 0 heterocycles. The summed E-state index contributed by atoms with van der Waals surface area (Å²) in [5, 5.41) is 16.9. The predicted octanol–water partition coefficient (Wildman–Crippen LogP) is 1.06. The third kappa shape index (κ3) is 2.81. The first-order valence-corrected chi connectivity index (χ1v) is 4.05. The number of hydroxylamine groups is 2. The van der Waals surface area contributed by atoms with Gasteiger partial charge < -0.3 is 4.74 Å². The van der Waals surface area contributed by atoms with E-state index in [-0.39, 0.29) is 5.23 Å². The molecular formula is C9H11NO4. The van der Waals surface area contributed by atoms with Crippen LogP contribution >= 0.6 is 0 Å². The summed E-state index contributed by atoms with van der Waals surface area (Å²) in [4.78, 5) is 11.2. The fraction of sp³-hybridized carbons (Fsp3) is 0.222. The highest BCUT2D eigenvalue weighted by Gasteiger charge is 2.20. The summed E-state index contributed by atoms with van der Waals surface area (Å²) in [6, 6.07) is 7.29. The molecule has 0 saturated heterocycles. The lowest BCUT2D eigenvalue weighted by Gasteiger charge is -2.13. The fourth-order valence-corrected chi connectivity index (χ4v) is 0.784. The maximum Gasteiger partial charge on any atom is 0.333 e. The number of benzene rings is 1. The molecule has 0 aliphatic carbocycles.